The molecular weight excluding hydrogens is 292 g/mol. The van der Waals surface area contributed by atoms with Gasteiger partial charge in [0.05, 0.1) is 5.39 Å². The summed E-state index contributed by atoms with van der Waals surface area (Å²) in [5.74, 6) is -0.726. The van der Waals surface area contributed by atoms with Gasteiger partial charge in [-0.1, -0.05) is 36.4 Å². The molecule has 23 heavy (non-hydrogen) atoms. The fraction of sp³-hybridized carbons (Fsp3) is 0.111. The van der Waals surface area contributed by atoms with Crippen LogP contribution in [-0.2, 0) is 7.05 Å². The van der Waals surface area contributed by atoms with Crippen molar-refractivity contribution < 1.29 is 9.90 Å². The Kier molecular flexibility index (Phi) is 3.62. The van der Waals surface area contributed by atoms with E-state index in [9.17, 15) is 14.7 Å². The predicted octanol–water partition coefficient (Wildman–Crippen LogP) is 2.80. The Balaban J connectivity index is 2.15. The summed E-state index contributed by atoms with van der Waals surface area (Å²) in [4.78, 5) is 25.0. The third-order valence-corrected chi connectivity index (χ3v) is 3.89. The lowest BCUT2D eigenvalue weighted by atomic mass is 10.1. The number of nitrogens with one attached hydrogen (secondary N) is 1. The lowest BCUT2D eigenvalue weighted by Gasteiger charge is -2.14. The molecule has 1 heterocycles. The van der Waals surface area contributed by atoms with E-state index in [4.69, 9.17) is 0 Å². The van der Waals surface area contributed by atoms with Crippen molar-refractivity contribution >= 4 is 22.4 Å². The van der Waals surface area contributed by atoms with Gasteiger partial charge in [-0.05, 0) is 24.6 Å². The Bertz CT molecular complexity index is 974. The van der Waals surface area contributed by atoms with Crippen LogP contribution >= 0.6 is 0 Å². The molecule has 0 unspecified atom stereocenters. The average molecular weight is 308 g/mol. The summed E-state index contributed by atoms with van der Waals surface area (Å²) < 4.78 is 1.17. The maximum atomic E-state index is 12.6. The monoisotopic (exact) mass is 308 g/mol. The van der Waals surface area contributed by atoms with Gasteiger partial charge in [-0.3, -0.25) is 9.59 Å². The van der Waals surface area contributed by atoms with Crippen LogP contribution in [0.25, 0.3) is 10.8 Å². The van der Waals surface area contributed by atoms with E-state index in [-0.39, 0.29) is 17.0 Å². The first-order valence-corrected chi connectivity index (χ1v) is 7.18. The van der Waals surface area contributed by atoms with Crippen molar-refractivity contribution in [3.05, 3.63) is 70.1 Å². The first-order chi connectivity index (χ1) is 11.0. The van der Waals surface area contributed by atoms with Crippen molar-refractivity contribution in [1.82, 2.24) is 4.57 Å². The van der Waals surface area contributed by atoms with Crippen LogP contribution in [0.4, 0.5) is 5.69 Å². The van der Waals surface area contributed by atoms with Gasteiger partial charge in [-0.15, -0.1) is 0 Å². The minimum absolute atomic E-state index is 0.0584. The van der Waals surface area contributed by atoms with Crippen LogP contribution in [0, 0.1) is 6.92 Å². The van der Waals surface area contributed by atoms with E-state index < -0.39 is 5.91 Å². The fourth-order valence-electron chi connectivity index (χ4n) is 2.60. The van der Waals surface area contributed by atoms with Gasteiger partial charge >= 0.3 is 0 Å². The second-order valence-electron chi connectivity index (χ2n) is 5.38. The summed E-state index contributed by atoms with van der Waals surface area (Å²) in [6.07, 6.45) is 0. The highest BCUT2D eigenvalue weighted by molar-refractivity contribution is 6.08. The third-order valence-electron chi connectivity index (χ3n) is 3.89. The number of carbonyl (C=O) groups is 1. The number of amides is 1. The Hall–Kier alpha value is -3.08. The molecular formula is C18H16N2O3. The van der Waals surface area contributed by atoms with Crippen molar-refractivity contribution in [3.63, 3.8) is 0 Å². The second kappa shape index (κ2) is 5.61. The topological polar surface area (TPSA) is 71.3 Å². The van der Waals surface area contributed by atoms with Crippen molar-refractivity contribution in [2.45, 2.75) is 6.92 Å². The summed E-state index contributed by atoms with van der Waals surface area (Å²) in [7, 11) is 1.47. The number of rotatable bonds is 2. The van der Waals surface area contributed by atoms with Crippen LogP contribution in [0.1, 0.15) is 16.1 Å². The molecule has 1 amide bonds. The summed E-state index contributed by atoms with van der Waals surface area (Å²) >= 11 is 0. The molecule has 0 aliphatic carbocycles. The van der Waals surface area contributed by atoms with E-state index in [1.807, 2.05) is 25.1 Å². The van der Waals surface area contributed by atoms with E-state index in [0.717, 1.165) is 5.56 Å². The van der Waals surface area contributed by atoms with Crippen molar-refractivity contribution in [2.24, 2.45) is 7.05 Å². The molecule has 0 radical (unpaired) electrons. The molecule has 0 fully saturated rings. The fourth-order valence-corrected chi connectivity index (χ4v) is 2.60. The molecule has 0 saturated carbocycles. The Morgan fingerprint density at radius 2 is 1.65 bits per heavy atom. The number of carbonyl (C=O) groups excluding carboxylic acids is 1. The van der Waals surface area contributed by atoms with E-state index in [0.29, 0.717) is 16.5 Å². The SMILES string of the molecule is Cc1ccccc1NC(=O)c1c(O)c2ccccc2c(=O)n1C. The number of benzene rings is 2. The van der Waals surface area contributed by atoms with Crippen LogP contribution in [-0.4, -0.2) is 15.6 Å². The van der Waals surface area contributed by atoms with E-state index in [1.54, 1.807) is 30.3 Å². The Labute approximate surface area is 132 Å². The van der Waals surface area contributed by atoms with Crippen LogP contribution in [0.2, 0.25) is 0 Å². The third kappa shape index (κ3) is 2.46. The molecule has 0 saturated heterocycles. The van der Waals surface area contributed by atoms with Gasteiger partial charge in [-0.2, -0.15) is 0 Å². The van der Waals surface area contributed by atoms with Crippen LogP contribution in [0.5, 0.6) is 5.75 Å². The number of nitrogens with zero attached hydrogens (tertiary/aromatic N) is 1. The second-order valence-corrected chi connectivity index (χ2v) is 5.38. The Morgan fingerprint density at radius 3 is 2.35 bits per heavy atom. The molecule has 1 aromatic heterocycles. The molecule has 3 aromatic rings. The molecule has 2 N–H and O–H groups in total. The summed E-state index contributed by atoms with van der Waals surface area (Å²) in [6, 6.07) is 14.0. The lowest BCUT2D eigenvalue weighted by molar-refractivity contribution is 0.101. The van der Waals surface area contributed by atoms with E-state index >= 15 is 0 Å². The molecule has 116 valence electrons. The number of pyridine rings is 1. The molecule has 0 spiro atoms. The number of hydrogen-bond donors (Lipinski definition) is 2. The first-order valence-electron chi connectivity index (χ1n) is 7.18. The number of hydrogen-bond acceptors (Lipinski definition) is 3. The van der Waals surface area contributed by atoms with Gasteiger partial charge in [0.1, 0.15) is 0 Å². The highest BCUT2D eigenvalue weighted by Crippen LogP contribution is 2.26. The molecule has 0 aliphatic rings. The van der Waals surface area contributed by atoms with Gasteiger partial charge in [-0.25, -0.2) is 0 Å². The summed E-state index contributed by atoms with van der Waals surface area (Å²) in [5.41, 5.74) is 1.15. The lowest BCUT2D eigenvalue weighted by Crippen LogP contribution is -2.27. The number of aryl methyl sites for hydroxylation is 1. The number of para-hydroxylation sites is 1. The molecule has 0 bridgehead atoms. The maximum Gasteiger partial charge on any atom is 0.276 e. The van der Waals surface area contributed by atoms with Crippen LogP contribution in [0.15, 0.2) is 53.3 Å². The molecule has 0 atom stereocenters. The molecule has 5 nitrogen and oxygen atoms in total. The average Bonchev–Trinajstić information content (AvgIpc) is 2.55. The molecule has 0 aliphatic heterocycles. The van der Waals surface area contributed by atoms with Gasteiger partial charge in [0, 0.05) is 18.1 Å². The number of aromatic hydroxyl groups is 1. The smallest absolute Gasteiger partial charge is 0.276 e. The zero-order chi connectivity index (χ0) is 16.6. The highest BCUT2D eigenvalue weighted by Gasteiger charge is 2.20. The zero-order valence-electron chi connectivity index (χ0n) is 12.8. The van der Waals surface area contributed by atoms with Crippen LogP contribution < -0.4 is 10.9 Å². The Morgan fingerprint density at radius 1 is 1.04 bits per heavy atom. The van der Waals surface area contributed by atoms with Crippen LogP contribution in [0.3, 0.4) is 0 Å². The summed E-state index contributed by atoms with van der Waals surface area (Å²) in [6.45, 7) is 1.87. The minimum atomic E-state index is -0.526. The van der Waals surface area contributed by atoms with Gasteiger partial charge in [0.25, 0.3) is 11.5 Å². The minimum Gasteiger partial charge on any atom is -0.505 e. The zero-order valence-corrected chi connectivity index (χ0v) is 12.8. The number of fused-ring (bicyclic) bond motifs is 1. The summed E-state index contributed by atoms with van der Waals surface area (Å²) in [5, 5.41) is 13.9. The largest absolute Gasteiger partial charge is 0.505 e. The predicted molar refractivity (Wildman–Crippen MR) is 90.0 cm³/mol. The van der Waals surface area contributed by atoms with Crippen molar-refractivity contribution in [2.75, 3.05) is 5.32 Å². The maximum absolute atomic E-state index is 12.6. The highest BCUT2D eigenvalue weighted by atomic mass is 16.3. The van der Waals surface area contributed by atoms with E-state index in [1.165, 1.54) is 11.6 Å². The number of aromatic nitrogens is 1. The normalized spacial score (nSPS) is 10.7. The van der Waals surface area contributed by atoms with Gasteiger partial charge < -0.3 is 15.0 Å². The first kappa shape index (κ1) is 14.8. The van der Waals surface area contributed by atoms with Crippen molar-refractivity contribution in [1.29, 1.82) is 0 Å². The standard InChI is InChI=1S/C18H16N2O3/c1-11-7-3-6-10-14(11)19-17(22)15-16(21)12-8-4-5-9-13(12)18(23)20(15)2/h3-10,21H,1-2H3,(H,19,22). The molecule has 5 heteroatoms. The van der Waals surface area contributed by atoms with Gasteiger partial charge in [0.2, 0.25) is 0 Å². The van der Waals surface area contributed by atoms with E-state index in [2.05, 4.69) is 5.32 Å². The quantitative estimate of drug-likeness (QED) is 0.764. The van der Waals surface area contributed by atoms with Crippen molar-refractivity contribution in [3.8, 4) is 5.75 Å². The van der Waals surface area contributed by atoms with Gasteiger partial charge in [0.15, 0.2) is 11.4 Å². The number of anilines is 1. The molecule has 2 aromatic carbocycles. The molecule has 3 rings (SSSR count).